The fraction of sp³-hybridized carbons (Fsp3) is 0.560. The van der Waals surface area contributed by atoms with E-state index in [1.165, 1.54) is 6.92 Å². The molecule has 0 heterocycles. The molecule has 2 aromatic rings. The summed E-state index contributed by atoms with van der Waals surface area (Å²) in [6.07, 6.45) is -1.11. The van der Waals surface area contributed by atoms with Crippen LogP contribution in [0.4, 0.5) is 0 Å². The SMILES string of the molecule is CC(C)(C)[Si](C)(C)O[Si](C)(C)C(C)(C)C.CC(O)C(=O)Oc1ccc2ccccc2c1. The van der Waals surface area contributed by atoms with E-state index in [9.17, 15) is 4.79 Å². The monoisotopic (exact) mass is 462 g/mol. The van der Waals surface area contributed by atoms with Crippen LogP contribution in [-0.2, 0) is 8.91 Å². The highest BCUT2D eigenvalue weighted by Gasteiger charge is 2.46. The van der Waals surface area contributed by atoms with Crippen LogP contribution in [0, 0.1) is 0 Å². The standard InChI is InChI=1S/C13H12O3.C12H30OSi2/c1-9(14)13(15)16-12-7-6-10-4-2-3-5-11(10)8-12;1-11(2,3)14(7,8)13-15(9,10)12(4,5)6/h2-9,14H,1H3;1-10H3. The Labute approximate surface area is 191 Å². The predicted molar refractivity (Wildman–Crippen MR) is 137 cm³/mol. The summed E-state index contributed by atoms with van der Waals surface area (Å²) < 4.78 is 11.6. The Morgan fingerprint density at radius 3 is 1.71 bits per heavy atom. The fourth-order valence-electron chi connectivity index (χ4n) is 2.38. The van der Waals surface area contributed by atoms with Crippen molar-refractivity contribution < 1.29 is 18.8 Å². The van der Waals surface area contributed by atoms with E-state index >= 15 is 0 Å². The van der Waals surface area contributed by atoms with E-state index in [1.807, 2.05) is 30.3 Å². The van der Waals surface area contributed by atoms with Crippen LogP contribution in [0.5, 0.6) is 5.75 Å². The van der Waals surface area contributed by atoms with Gasteiger partial charge in [0.1, 0.15) is 11.9 Å². The van der Waals surface area contributed by atoms with Crippen LogP contribution in [0.15, 0.2) is 42.5 Å². The van der Waals surface area contributed by atoms with Crippen LogP contribution >= 0.6 is 0 Å². The first-order valence-corrected chi connectivity index (χ1v) is 16.8. The molecule has 0 radical (unpaired) electrons. The van der Waals surface area contributed by atoms with Gasteiger partial charge in [-0.15, -0.1) is 0 Å². The summed E-state index contributed by atoms with van der Waals surface area (Å²) in [4.78, 5) is 11.2. The van der Waals surface area contributed by atoms with E-state index < -0.39 is 28.7 Å². The van der Waals surface area contributed by atoms with Crippen molar-refractivity contribution in [2.75, 3.05) is 0 Å². The van der Waals surface area contributed by atoms with Gasteiger partial charge in [-0.25, -0.2) is 4.79 Å². The summed E-state index contributed by atoms with van der Waals surface area (Å²) >= 11 is 0. The first-order valence-electron chi connectivity index (χ1n) is 11.0. The maximum atomic E-state index is 11.2. The highest BCUT2D eigenvalue weighted by Crippen LogP contribution is 2.44. The van der Waals surface area contributed by atoms with Gasteiger partial charge in [-0.2, -0.15) is 0 Å². The lowest BCUT2D eigenvalue weighted by atomic mass is 10.1. The van der Waals surface area contributed by atoms with Crippen LogP contribution in [0.25, 0.3) is 10.8 Å². The summed E-state index contributed by atoms with van der Waals surface area (Å²) in [5, 5.41) is 11.7. The molecule has 0 saturated carbocycles. The average molecular weight is 463 g/mol. The molecule has 31 heavy (non-hydrogen) atoms. The van der Waals surface area contributed by atoms with Crippen molar-refractivity contribution in [2.24, 2.45) is 0 Å². The topological polar surface area (TPSA) is 55.8 Å². The molecule has 0 saturated heterocycles. The number of benzene rings is 2. The van der Waals surface area contributed by atoms with Crippen molar-refractivity contribution in [1.29, 1.82) is 0 Å². The predicted octanol–water partition coefficient (Wildman–Crippen LogP) is 7.14. The zero-order chi connectivity index (χ0) is 24.3. The van der Waals surface area contributed by atoms with Crippen molar-refractivity contribution in [3.63, 3.8) is 0 Å². The summed E-state index contributed by atoms with van der Waals surface area (Å²) in [6, 6.07) is 13.1. The number of fused-ring (bicyclic) bond motifs is 1. The molecule has 1 N–H and O–H groups in total. The van der Waals surface area contributed by atoms with Gasteiger partial charge in [0.2, 0.25) is 0 Å². The molecule has 0 aromatic heterocycles. The number of aliphatic hydroxyl groups excluding tert-OH is 1. The van der Waals surface area contributed by atoms with Crippen LogP contribution in [0.3, 0.4) is 0 Å². The molecule has 0 fully saturated rings. The Bertz CT molecular complexity index is 851. The van der Waals surface area contributed by atoms with Crippen molar-refractivity contribution in [3.8, 4) is 5.75 Å². The molecule has 6 heteroatoms. The van der Waals surface area contributed by atoms with Crippen molar-refractivity contribution in [1.82, 2.24) is 0 Å². The molecule has 1 unspecified atom stereocenters. The molecule has 0 aliphatic heterocycles. The summed E-state index contributed by atoms with van der Waals surface area (Å²) in [5.74, 6) is -0.195. The summed E-state index contributed by atoms with van der Waals surface area (Å²) in [7, 11) is -3.18. The lowest BCUT2D eigenvalue weighted by Gasteiger charge is -2.47. The van der Waals surface area contributed by atoms with E-state index in [2.05, 4.69) is 67.7 Å². The third kappa shape index (κ3) is 7.86. The number of carbonyl (C=O) groups excluding carboxylic acids is 1. The highest BCUT2D eigenvalue weighted by molar-refractivity contribution is 6.87. The van der Waals surface area contributed by atoms with E-state index in [1.54, 1.807) is 12.1 Å². The number of esters is 1. The van der Waals surface area contributed by atoms with E-state index in [-0.39, 0.29) is 0 Å². The molecule has 0 amide bonds. The maximum Gasteiger partial charge on any atom is 0.340 e. The zero-order valence-electron chi connectivity index (χ0n) is 21.3. The summed E-state index contributed by atoms with van der Waals surface area (Å²) in [6.45, 7) is 24.7. The second-order valence-electron chi connectivity index (χ2n) is 11.2. The quantitative estimate of drug-likeness (QED) is 0.298. The molecular weight excluding hydrogens is 420 g/mol. The second-order valence-corrected chi connectivity index (χ2v) is 21.1. The van der Waals surface area contributed by atoms with Gasteiger partial charge in [-0.05, 0) is 66.1 Å². The average Bonchev–Trinajstić information content (AvgIpc) is 2.59. The number of aliphatic hydroxyl groups is 1. The van der Waals surface area contributed by atoms with Gasteiger partial charge < -0.3 is 14.0 Å². The fourth-order valence-corrected chi connectivity index (χ4v) is 9.93. The molecule has 4 nitrogen and oxygen atoms in total. The molecule has 0 aliphatic rings. The Balaban J connectivity index is 0.000000311. The lowest BCUT2D eigenvalue weighted by molar-refractivity contribution is -0.142. The van der Waals surface area contributed by atoms with Gasteiger partial charge in [0, 0.05) is 0 Å². The number of hydrogen-bond acceptors (Lipinski definition) is 4. The number of carbonyl (C=O) groups is 1. The first-order chi connectivity index (χ1) is 13.9. The van der Waals surface area contributed by atoms with Gasteiger partial charge >= 0.3 is 5.97 Å². The Kier molecular flexibility index (Phi) is 8.87. The van der Waals surface area contributed by atoms with E-state index in [0.717, 1.165) is 10.8 Å². The minimum Gasteiger partial charge on any atom is -0.455 e. The van der Waals surface area contributed by atoms with Crippen molar-refractivity contribution >= 4 is 33.4 Å². The van der Waals surface area contributed by atoms with Crippen LogP contribution in [0.2, 0.25) is 36.3 Å². The third-order valence-electron chi connectivity index (χ3n) is 6.40. The molecule has 0 bridgehead atoms. The second kappa shape index (κ2) is 9.98. The van der Waals surface area contributed by atoms with Gasteiger partial charge in [-0.1, -0.05) is 71.9 Å². The first kappa shape index (κ1) is 27.6. The Morgan fingerprint density at radius 2 is 1.29 bits per heavy atom. The zero-order valence-corrected chi connectivity index (χ0v) is 23.3. The van der Waals surface area contributed by atoms with Crippen LogP contribution in [-0.4, -0.2) is 33.8 Å². The van der Waals surface area contributed by atoms with Crippen molar-refractivity contribution in [2.45, 2.75) is 90.8 Å². The molecule has 2 aromatic carbocycles. The third-order valence-corrected chi connectivity index (χ3v) is 17.7. The van der Waals surface area contributed by atoms with Gasteiger partial charge in [0.05, 0.1) is 0 Å². The van der Waals surface area contributed by atoms with Gasteiger partial charge in [-0.3, -0.25) is 0 Å². The lowest BCUT2D eigenvalue weighted by Crippen LogP contribution is -2.53. The maximum absolute atomic E-state index is 11.2. The van der Waals surface area contributed by atoms with Gasteiger partial charge in [0.25, 0.3) is 0 Å². The number of hydrogen-bond donors (Lipinski definition) is 1. The Morgan fingerprint density at radius 1 is 0.839 bits per heavy atom. The molecule has 0 aliphatic carbocycles. The number of ether oxygens (including phenoxy) is 1. The van der Waals surface area contributed by atoms with Crippen LogP contribution < -0.4 is 4.74 Å². The number of rotatable bonds is 4. The highest BCUT2D eigenvalue weighted by atomic mass is 28.4. The molecule has 1 atom stereocenters. The largest absolute Gasteiger partial charge is 0.455 e. The molecule has 2 rings (SSSR count). The van der Waals surface area contributed by atoms with Gasteiger partial charge in [0.15, 0.2) is 16.6 Å². The molecule has 174 valence electrons. The smallest absolute Gasteiger partial charge is 0.340 e. The van der Waals surface area contributed by atoms with E-state index in [4.69, 9.17) is 14.0 Å². The van der Waals surface area contributed by atoms with E-state index in [0.29, 0.717) is 15.8 Å². The minimum absolute atomic E-state index is 0.322. The van der Waals surface area contributed by atoms with Crippen molar-refractivity contribution in [3.05, 3.63) is 42.5 Å². The molecular formula is C25H42O4Si2. The normalized spacial score (nSPS) is 13.9. The Hall–Kier alpha value is -1.48. The summed E-state index contributed by atoms with van der Waals surface area (Å²) in [5.41, 5.74) is 0. The molecule has 0 spiro atoms. The van der Waals surface area contributed by atoms with Crippen LogP contribution in [0.1, 0.15) is 48.5 Å². The minimum atomic E-state index is -1.59.